The molecule has 0 unspecified atom stereocenters. The summed E-state index contributed by atoms with van der Waals surface area (Å²) in [5.74, 6) is 0. The van der Waals surface area contributed by atoms with Crippen molar-refractivity contribution in [2.75, 3.05) is 0 Å². The summed E-state index contributed by atoms with van der Waals surface area (Å²) >= 11 is 0. The average molecular weight is 1380 g/mol. The van der Waals surface area contributed by atoms with E-state index in [1.165, 1.54) is 0 Å². The van der Waals surface area contributed by atoms with Crippen molar-refractivity contribution >= 4 is 70.7 Å². The van der Waals surface area contributed by atoms with Crippen LogP contribution in [0.5, 0.6) is 0 Å². The molecule has 7 saturated carbocycles. The molecule has 1 N–H and O–H groups in total. The van der Waals surface area contributed by atoms with Crippen molar-refractivity contribution in [3.8, 4) is 0 Å². The summed E-state index contributed by atoms with van der Waals surface area (Å²) in [6.07, 6.45) is 27.8. The van der Waals surface area contributed by atoms with Crippen LogP contribution in [0.4, 0.5) is 0 Å². The van der Waals surface area contributed by atoms with Crippen molar-refractivity contribution in [2.24, 2.45) is 21.7 Å². The largest absolute Gasteiger partial charge is 0.654 e. The second kappa shape index (κ2) is 25.3. The van der Waals surface area contributed by atoms with Gasteiger partial charge in [0.25, 0.3) is 0 Å². The third-order valence-electron chi connectivity index (χ3n) is 16.4. The van der Waals surface area contributed by atoms with Crippen LogP contribution in [-0.4, -0.2) is 75.5 Å². The standard InChI is InChI=1S/C35H64O13Si8.4C5H11.Ta/c36-56-46-53(33-23-9-10-24-33)40-50(30-17-3-4-18-30)37-49(29-15-1-2-16-29)38-51(42-53,31-19-5-6-20-31)44-55(48-56,35-27-13-14-28-35)45-52(39-49,32-21-7-8-22-32)43-54(41-50,47-56)34-25-11-12-26-34;4*1-5(2,3)4;/h29-36H,1-28H2;4*1H2,2-4H3;/q;4*-1;. The van der Waals surface area contributed by atoms with Gasteiger partial charge in [0.1, 0.15) is 0 Å². The average Bonchev–Trinajstić information content (AvgIpc) is 4.12. The monoisotopic (exact) mass is 1380 g/mol. The fourth-order valence-electron chi connectivity index (χ4n) is 13.5. The molecule has 13 nitrogen and oxygen atoms in total. The molecule has 447 valence electrons. The van der Waals surface area contributed by atoms with Crippen molar-refractivity contribution in [2.45, 2.75) is 302 Å². The van der Waals surface area contributed by atoms with E-state index in [4.69, 9.17) is 49.4 Å². The van der Waals surface area contributed by atoms with E-state index in [0.717, 1.165) is 180 Å². The maximum absolute atomic E-state index is 13.6. The first-order valence-electron chi connectivity index (χ1n) is 30.8. The van der Waals surface area contributed by atoms with Gasteiger partial charge in [-0.2, -0.15) is 21.7 Å². The van der Waals surface area contributed by atoms with Crippen LogP contribution in [0.3, 0.4) is 0 Å². The number of rotatable bonds is 7. The Morgan fingerprint density at radius 1 is 0.247 bits per heavy atom. The van der Waals surface area contributed by atoms with Gasteiger partial charge in [-0.05, 0) is 89.9 Å². The van der Waals surface area contributed by atoms with Gasteiger partial charge in [-0.15, -0.1) is 0 Å². The normalized spacial score (nSPS) is 40.5. The third-order valence-corrected chi connectivity index (χ3v) is 54.4. The quantitative estimate of drug-likeness (QED) is 0.192. The summed E-state index contributed by atoms with van der Waals surface area (Å²) < 4.78 is 96.2. The summed E-state index contributed by atoms with van der Waals surface area (Å²) in [6.45, 7) is 40.0. The maximum atomic E-state index is 13.6. The van der Waals surface area contributed by atoms with Gasteiger partial charge in [0.2, 0.25) is 0 Å². The Bertz CT molecular complexity index is 1630. The first-order valence-corrected chi connectivity index (χ1v) is 45.1. The Morgan fingerprint density at radius 2 is 0.338 bits per heavy atom. The van der Waals surface area contributed by atoms with E-state index in [2.05, 4.69) is 111 Å². The van der Waals surface area contributed by atoms with Gasteiger partial charge < -0.3 is 81.9 Å². The van der Waals surface area contributed by atoms with Gasteiger partial charge in [-0.1, -0.05) is 173 Å². The molecule has 0 spiro atoms. The van der Waals surface area contributed by atoms with Crippen LogP contribution >= 0.6 is 0 Å². The van der Waals surface area contributed by atoms with E-state index in [0.29, 0.717) is 0 Å². The zero-order valence-electron chi connectivity index (χ0n) is 50.5. The van der Waals surface area contributed by atoms with Crippen molar-refractivity contribution in [1.82, 2.24) is 0 Å². The SMILES string of the molecule is O[Si]12O[Si]3(C4CCCC4)O[Si]4(C5CCCC5)O[Si](C5CCCC5)(O1)O[Si]1(C5CCCC5)O[Si](C5CCCC5)(O2)O[Si](C2CCCC2)(O3)O[Si](C2CCCC2)(O4)O1.[CH2-]C(C)(C)C.[CH2-]C(C)(C)C.[CH2-]C(C)(C)C.[CH2-]C(C)(C)C.[Ta]. The number of hydrogen-bond donors (Lipinski definition) is 1. The fourth-order valence-corrected chi connectivity index (χ4v) is 66.9. The fraction of sp³-hybridized carbons (Fsp3) is 0.927. The minimum atomic E-state index is -4.74. The summed E-state index contributed by atoms with van der Waals surface area (Å²) in [7, 11) is -32.5. The minimum absolute atomic E-state index is 0. The van der Waals surface area contributed by atoms with Crippen LogP contribution < -0.4 is 0 Å². The zero-order chi connectivity index (χ0) is 55.3. The molecular formula is C55H108O13Si8Ta-4. The molecule has 13 fully saturated rings. The Balaban J connectivity index is 0.000000354. The van der Waals surface area contributed by atoms with E-state index in [1.807, 2.05) is 0 Å². The molecule has 0 aromatic carbocycles. The molecule has 0 atom stereocenters. The van der Waals surface area contributed by atoms with Crippen LogP contribution in [-0.2, 0) is 71.8 Å². The van der Waals surface area contributed by atoms with Crippen molar-refractivity contribution in [1.29, 1.82) is 0 Å². The molecule has 6 saturated heterocycles. The van der Waals surface area contributed by atoms with Gasteiger partial charge in [0, 0.05) is 61.2 Å². The molecule has 77 heavy (non-hydrogen) atoms. The molecule has 6 heterocycles. The smallest absolute Gasteiger partial charge is 0.373 e. The topological polar surface area (TPSA) is 131 Å². The van der Waals surface area contributed by atoms with Gasteiger partial charge in [0.05, 0.1) is 0 Å². The van der Waals surface area contributed by atoms with Crippen molar-refractivity contribution in [3.63, 3.8) is 0 Å². The Labute approximate surface area is 494 Å². The molecule has 6 aliphatic heterocycles. The molecule has 0 aromatic rings. The van der Waals surface area contributed by atoms with Gasteiger partial charge in [-0.25, -0.2) is 0 Å². The molecule has 0 amide bonds. The van der Waals surface area contributed by atoms with Crippen LogP contribution in [0.15, 0.2) is 0 Å². The molecule has 0 aromatic heterocycles. The molecule has 7 aliphatic carbocycles. The summed E-state index contributed by atoms with van der Waals surface area (Å²) in [5, 5.41) is 0. The second-order valence-electron chi connectivity index (χ2n) is 30.1. The maximum Gasteiger partial charge on any atom is 0.654 e. The molecule has 22 heteroatoms. The van der Waals surface area contributed by atoms with E-state index < -0.39 is 70.7 Å². The Morgan fingerprint density at radius 3 is 0.442 bits per heavy atom. The molecule has 13 aliphatic rings. The van der Waals surface area contributed by atoms with E-state index >= 15 is 0 Å². The predicted octanol–water partition coefficient (Wildman–Crippen LogP) is 16.3. The third kappa shape index (κ3) is 16.5. The Kier molecular flexibility index (Phi) is 21.9. The zero-order valence-corrected chi connectivity index (χ0v) is 61.7. The van der Waals surface area contributed by atoms with Gasteiger partial charge in [-0.3, -0.25) is 0 Å². The predicted molar refractivity (Wildman–Crippen MR) is 316 cm³/mol. The van der Waals surface area contributed by atoms with Crippen molar-refractivity contribution < 1.29 is 76.6 Å². The van der Waals surface area contributed by atoms with Gasteiger partial charge in [0.15, 0.2) is 0 Å². The van der Waals surface area contributed by atoms with Crippen LogP contribution in [0.2, 0.25) is 38.8 Å². The molecule has 13 rings (SSSR count). The van der Waals surface area contributed by atoms with Crippen LogP contribution in [0.25, 0.3) is 0 Å². The first kappa shape index (κ1) is 66.5. The molecule has 8 bridgehead atoms. The van der Waals surface area contributed by atoms with E-state index in [9.17, 15) is 4.80 Å². The second-order valence-corrected chi connectivity index (χ2v) is 55.1. The van der Waals surface area contributed by atoms with Crippen LogP contribution in [0, 0.1) is 49.4 Å². The molecular weight excluding hydrogens is 1270 g/mol. The Hall–Kier alpha value is 1.96. The summed E-state index contributed by atoms with van der Waals surface area (Å²) in [5.41, 5.74) is 0.869. The van der Waals surface area contributed by atoms with E-state index in [-0.39, 0.29) is 82.8 Å². The summed E-state index contributed by atoms with van der Waals surface area (Å²) in [4.78, 5) is 13.6. The van der Waals surface area contributed by atoms with Gasteiger partial charge >= 0.3 is 70.7 Å². The van der Waals surface area contributed by atoms with Crippen LogP contribution in [0.1, 0.15) is 263 Å². The van der Waals surface area contributed by atoms with E-state index in [1.54, 1.807) is 0 Å². The first-order chi connectivity index (χ1) is 35.2. The summed E-state index contributed by atoms with van der Waals surface area (Å²) in [6, 6.07) is 0. The van der Waals surface area contributed by atoms with Crippen molar-refractivity contribution in [3.05, 3.63) is 27.7 Å². The number of hydrogen-bond acceptors (Lipinski definition) is 13. The molecule has 1 radical (unpaired) electrons. The minimum Gasteiger partial charge on any atom is -0.373 e.